The van der Waals surface area contributed by atoms with Crippen LogP contribution in [0.25, 0.3) is 0 Å². The molecule has 2 saturated heterocycles. The molecule has 4 amide bonds. The summed E-state index contributed by atoms with van der Waals surface area (Å²) in [6, 6.07) is 0. The Bertz CT molecular complexity index is 545. The lowest BCUT2D eigenvalue weighted by Gasteiger charge is -2.14. The molecule has 2 rings (SSSR count). The van der Waals surface area contributed by atoms with Gasteiger partial charge in [-0.15, -0.1) is 10.1 Å². The molecule has 0 aliphatic carbocycles. The molecule has 0 atom stereocenters. The summed E-state index contributed by atoms with van der Waals surface area (Å²) in [7, 11) is 0. The normalized spacial score (nSPS) is 17.2. The third kappa shape index (κ3) is 5.36. The van der Waals surface area contributed by atoms with Crippen LogP contribution in [-0.4, -0.2) is 45.6 Å². The van der Waals surface area contributed by atoms with E-state index in [0.717, 1.165) is 0 Å². The van der Waals surface area contributed by atoms with Crippen LogP contribution < -0.4 is 0 Å². The number of rotatable bonds is 9. The minimum atomic E-state index is -0.629. The highest BCUT2D eigenvalue weighted by Crippen LogP contribution is 2.15. The molecule has 10 nitrogen and oxygen atoms in total. The lowest BCUT2D eigenvalue weighted by molar-refractivity contribution is -0.197. The first-order valence-corrected chi connectivity index (χ1v) is 8.56. The Morgan fingerprint density at radius 3 is 1.65 bits per heavy atom. The molecule has 2 heterocycles. The maximum absolute atomic E-state index is 11.6. The van der Waals surface area contributed by atoms with Crippen molar-refractivity contribution in [3.63, 3.8) is 0 Å². The minimum absolute atomic E-state index is 0.0643. The molecule has 0 saturated carbocycles. The molecule has 0 radical (unpaired) electrons. The Morgan fingerprint density at radius 2 is 1.15 bits per heavy atom. The van der Waals surface area contributed by atoms with E-state index in [0.29, 0.717) is 35.8 Å². The van der Waals surface area contributed by atoms with E-state index in [1.807, 2.05) is 0 Å². The molecular weight excluding hydrogens is 346 g/mol. The van der Waals surface area contributed by atoms with Crippen molar-refractivity contribution < 1.29 is 33.6 Å². The predicted octanol–water partition coefficient (Wildman–Crippen LogP) is 0.992. The van der Waals surface area contributed by atoms with Gasteiger partial charge in [0.25, 0.3) is 23.6 Å². The Balaban J connectivity index is 1.52. The second-order valence-corrected chi connectivity index (χ2v) is 6.06. The Labute approximate surface area is 149 Å². The van der Waals surface area contributed by atoms with E-state index < -0.39 is 29.6 Å². The molecule has 26 heavy (non-hydrogen) atoms. The van der Waals surface area contributed by atoms with E-state index in [2.05, 4.69) is 0 Å². The largest absolute Gasteiger partial charge is 0.354 e. The molecular formula is C16H21N3O7. The number of carbonyl (C=O) groups is 5. The van der Waals surface area contributed by atoms with Gasteiger partial charge in [0.1, 0.15) is 0 Å². The maximum atomic E-state index is 11.6. The number of imide groups is 2. The number of hydrogen-bond donors (Lipinski definition) is 1. The number of hydrogen-bond acceptors (Lipinski definition) is 8. The number of amides is 4. The zero-order valence-corrected chi connectivity index (χ0v) is 14.3. The van der Waals surface area contributed by atoms with Crippen LogP contribution in [0.3, 0.4) is 0 Å². The van der Waals surface area contributed by atoms with Gasteiger partial charge in [-0.3, -0.25) is 24.6 Å². The van der Waals surface area contributed by atoms with Crippen LogP contribution in [0.2, 0.25) is 0 Å². The van der Waals surface area contributed by atoms with Crippen LogP contribution in [0, 0.1) is 5.41 Å². The first-order valence-electron chi connectivity index (χ1n) is 8.56. The van der Waals surface area contributed by atoms with Crippen molar-refractivity contribution >= 4 is 35.5 Å². The molecule has 2 aliphatic rings. The average molecular weight is 367 g/mol. The number of hydroxylamine groups is 4. The molecule has 0 aromatic heterocycles. The van der Waals surface area contributed by atoms with Gasteiger partial charge in [-0.25, -0.2) is 4.79 Å². The van der Waals surface area contributed by atoms with E-state index in [1.165, 1.54) is 0 Å². The van der Waals surface area contributed by atoms with Crippen molar-refractivity contribution in [1.29, 1.82) is 5.41 Å². The molecule has 0 unspecified atom stereocenters. The summed E-state index contributed by atoms with van der Waals surface area (Å²) in [4.78, 5) is 66.6. The van der Waals surface area contributed by atoms with Crippen LogP contribution in [-0.2, 0) is 33.6 Å². The highest BCUT2D eigenvalue weighted by molar-refractivity contribution is 6.02. The fourth-order valence-corrected chi connectivity index (χ4v) is 2.53. The average Bonchev–Trinajstić information content (AvgIpc) is 3.08. The summed E-state index contributed by atoms with van der Waals surface area (Å²) >= 11 is 0. The monoisotopic (exact) mass is 367 g/mol. The number of nitrogens with one attached hydrogen (secondary N) is 1. The van der Waals surface area contributed by atoms with E-state index in [-0.39, 0.29) is 44.4 Å². The minimum Gasteiger partial charge on any atom is -0.354 e. The third-order valence-electron chi connectivity index (χ3n) is 3.94. The summed E-state index contributed by atoms with van der Waals surface area (Å²) < 4.78 is 0. The quantitative estimate of drug-likeness (QED) is 0.278. The maximum Gasteiger partial charge on any atom is 0.333 e. The lowest BCUT2D eigenvalue weighted by Crippen LogP contribution is -2.32. The number of unbranched alkanes of at least 4 members (excludes halogenated alkanes) is 3. The van der Waals surface area contributed by atoms with Crippen LogP contribution >= 0.6 is 0 Å². The summed E-state index contributed by atoms with van der Waals surface area (Å²) in [6.45, 7) is 0. The predicted molar refractivity (Wildman–Crippen MR) is 84.8 cm³/mol. The lowest BCUT2D eigenvalue weighted by atomic mass is 10.1. The smallest absolute Gasteiger partial charge is 0.333 e. The third-order valence-corrected chi connectivity index (χ3v) is 3.94. The van der Waals surface area contributed by atoms with E-state index >= 15 is 0 Å². The van der Waals surface area contributed by atoms with Gasteiger partial charge in [0, 0.05) is 38.5 Å². The molecule has 142 valence electrons. The summed E-state index contributed by atoms with van der Waals surface area (Å²) in [5.41, 5.74) is 0. The summed E-state index contributed by atoms with van der Waals surface area (Å²) in [5.74, 6) is -2.66. The van der Waals surface area contributed by atoms with Gasteiger partial charge >= 0.3 is 5.97 Å². The molecule has 2 aliphatic heterocycles. The highest BCUT2D eigenvalue weighted by Gasteiger charge is 2.33. The molecule has 10 heteroatoms. The molecule has 2 fully saturated rings. The Morgan fingerprint density at radius 1 is 0.731 bits per heavy atom. The second kappa shape index (κ2) is 9.07. The van der Waals surface area contributed by atoms with E-state index in [1.54, 1.807) is 0 Å². The number of nitrogens with zero attached hydrogens (tertiary/aromatic N) is 2. The molecule has 0 aromatic rings. The van der Waals surface area contributed by atoms with Gasteiger partial charge in [-0.05, 0) is 12.8 Å². The van der Waals surface area contributed by atoms with Crippen molar-refractivity contribution in [3.05, 3.63) is 0 Å². The summed E-state index contributed by atoms with van der Waals surface area (Å²) in [5, 5.41) is 8.80. The van der Waals surface area contributed by atoms with Gasteiger partial charge in [0.2, 0.25) is 5.90 Å². The van der Waals surface area contributed by atoms with Crippen LogP contribution in [0.4, 0.5) is 0 Å². The fraction of sp³-hybridized carbons (Fsp3) is 0.625. The SMILES string of the molecule is N=C(CCCCCCC(=O)ON1C(=O)CCC1=O)ON1C(=O)CCC1=O. The van der Waals surface area contributed by atoms with Crippen molar-refractivity contribution in [2.75, 3.05) is 0 Å². The summed E-state index contributed by atoms with van der Waals surface area (Å²) in [6.07, 6.45) is 3.23. The highest BCUT2D eigenvalue weighted by atomic mass is 16.7. The van der Waals surface area contributed by atoms with Gasteiger partial charge in [-0.1, -0.05) is 12.8 Å². The standard InChI is InChI=1S/C16H21N3O7/c17-11(25-18-12(20)7-8-13(18)21)5-3-1-2-4-6-16(24)26-19-14(22)9-10-15(19)23/h17H,1-10H2. The van der Waals surface area contributed by atoms with Crippen molar-refractivity contribution in [3.8, 4) is 0 Å². The van der Waals surface area contributed by atoms with Crippen molar-refractivity contribution in [2.45, 2.75) is 64.2 Å². The molecule has 0 spiro atoms. The van der Waals surface area contributed by atoms with E-state index in [4.69, 9.17) is 15.1 Å². The van der Waals surface area contributed by atoms with Gasteiger partial charge in [-0.2, -0.15) is 0 Å². The zero-order chi connectivity index (χ0) is 19.1. The fourth-order valence-electron chi connectivity index (χ4n) is 2.53. The zero-order valence-electron chi connectivity index (χ0n) is 14.3. The Kier molecular flexibility index (Phi) is 6.81. The number of carbonyl (C=O) groups excluding carboxylic acids is 5. The van der Waals surface area contributed by atoms with Crippen molar-refractivity contribution in [1.82, 2.24) is 10.1 Å². The van der Waals surface area contributed by atoms with Crippen LogP contribution in [0.1, 0.15) is 64.2 Å². The van der Waals surface area contributed by atoms with E-state index in [9.17, 15) is 24.0 Å². The first kappa shape index (κ1) is 19.5. The topological polar surface area (TPSA) is 134 Å². The van der Waals surface area contributed by atoms with Crippen molar-refractivity contribution in [2.24, 2.45) is 0 Å². The second-order valence-electron chi connectivity index (χ2n) is 6.06. The van der Waals surface area contributed by atoms with Gasteiger partial charge in [0.15, 0.2) is 0 Å². The van der Waals surface area contributed by atoms with Crippen LogP contribution in [0.15, 0.2) is 0 Å². The van der Waals surface area contributed by atoms with Gasteiger partial charge in [0.05, 0.1) is 0 Å². The molecule has 0 bridgehead atoms. The Hall–Kier alpha value is -2.78. The van der Waals surface area contributed by atoms with Gasteiger partial charge < -0.3 is 9.68 Å². The molecule has 1 N–H and O–H groups in total. The van der Waals surface area contributed by atoms with Crippen LogP contribution in [0.5, 0.6) is 0 Å². The first-order chi connectivity index (χ1) is 12.4. The molecule has 0 aromatic carbocycles.